The van der Waals surface area contributed by atoms with Crippen molar-refractivity contribution in [2.75, 3.05) is 12.3 Å². The minimum atomic E-state index is -0.171. The topological polar surface area (TPSA) is 50.3 Å². The van der Waals surface area contributed by atoms with E-state index in [1.54, 1.807) is 36.0 Å². The average Bonchev–Trinajstić information content (AvgIpc) is 2.93. The first-order chi connectivity index (χ1) is 13.1. The van der Waals surface area contributed by atoms with Crippen LogP contribution in [0.3, 0.4) is 0 Å². The summed E-state index contributed by atoms with van der Waals surface area (Å²) in [6.07, 6.45) is 1.72. The molecule has 2 heterocycles. The lowest BCUT2D eigenvalue weighted by Crippen LogP contribution is -2.30. The fourth-order valence-corrected chi connectivity index (χ4v) is 4.36. The average molecular weight is 376 g/mol. The van der Waals surface area contributed by atoms with Crippen molar-refractivity contribution in [1.29, 1.82) is 0 Å². The number of carbonyl (C=O) groups is 2. The third-order valence-electron chi connectivity index (χ3n) is 4.80. The smallest absolute Gasteiger partial charge is 0.261 e. The number of hydrogen-bond acceptors (Lipinski definition) is 4. The van der Waals surface area contributed by atoms with Gasteiger partial charge in [-0.1, -0.05) is 30.3 Å². The molecule has 0 saturated carbocycles. The fourth-order valence-electron chi connectivity index (χ4n) is 3.38. The zero-order valence-corrected chi connectivity index (χ0v) is 16.0. The second kappa shape index (κ2) is 7.53. The Balaban J connectivity index is 1.30. The summed E-state index contributed by atoms with van der Waals surface area (Å²) in [7, 11) is 0. The van der Waals surface area contributed by atoms with Gasteiger partial charge >= 0.3 is 0 Å². The van der Waals surface area contributed by atoms with Gasteiger partial charge < -0.3 is 0 Å². The predicted octanol–water partition coefficient (Wildman–Crippen LogP) is 4.71. The van der Waals surface area contributed by atoms with Gasteiger partial charge in [0, 0.05) is 11.9 Å². The van der Waals surface area contributed by atoms with Crippen molar-refractivity contribution in [3.05, 3.63) is 71.3 Å². The second-order valence-electron chi connectivity index (χ2n) is 6.66. The molecule has 0 saturated heterocycles. The van der Waals surface area contributed by atoms with Crippen LogP contribution >= 0.6 is 11.8 Å². The summed E-state index contributed by atoms with van der Waals surface area (Å²) in [5.41, 5.74) is 3.29. The number of pyridine rings is 1. The van der Waals surface area contributed by atoms with E-state index < -0.39 is 0 Å². The maximum atomic E-state index is 12.3. The molecule has 0 atom stereocenters. The van der Waals surface area contributed by atoms with Crippen LogP contribution in [0.5, 0.6) is 0 Å². The van der Waals surface area contributed by atoms with E-state index in [2.05, 4.69) is 19.1 Å². The number of para-hydroxylation sites is 1. The van der Waals surface area contributed by atoms with E-state index in [0.717, 1.165) is 29.1 Å². The SMILES string of the molecule is Cc1cc(SCCCCN2C(=O)c3ccccc3C2=O)nc2ccccc12. The van der Waals surface area contributed by atoms with Gasteiger partial charge in [-0.3, -0.25) is 14.5 Å². The third kappa shape index (κ3) is 3.47. The molecule has 2 amide bonds. The van der Waals surface area contributed by atoms with Gasteiger partial charge in [0.2, 0.25) is 0 Å². The third-order valence-corrected chi connectivity index (χ3v) is 5.80. The Labute approximate surface area is 162 Å². The Morgan fingerprint density at radius 2 is 1.59 bits per heavy atom. The molecule has 136 valence electrons. The monoisotopic (exact) mass is 376 g/mol. The number of carbonyl (C=O) groups excluding carboxylic acids is 2. The molecule has 0 N–H and O–H groups in total. The van der Waals surface area contributed by atoms with Crippen LogP contribution in [-0.2, 0) is 0 Å². The van der Waals surface area contributed by atoms with Crippen LogP contribution in [0.2, 0.25) is 0 Å². The molecule has 0 radical (unpaired) electrons. The maximum absolute atomic E-state index is 12.3. The highest BCUT2D eigenvalue weighted by Gasteiger charge is 2.34. The molecule has 3 aromatic rings. The molecule has 27 heavy (non-hydrogen) atoms. The fraction of sp³-hybridized carbons (Fsp3) is 0.227. The molecular weight excluding hydrogens is 356 g/mol. The van der Waals surface area contributed by atoms with E-state index in [-0.39, 0.29) is 11.8 Å². The van der Waals surface area contributed by atoms with Crippen LogP contribution < -0.4 is 0 Å². The largest absolute Gasteiger partial charge is 0.274 e. The lowest BCUT2D eigenvalue weighted by Gasteiger charge is -2.13. The molecule has 1 aliphatic rings. The zero-order chi connectivity index (χ0) is 18.8. The number of imide groups is 1. The van der Waals surface area contributed by atoms with Gasteiger partial charge in [0.1, 0.15) is 0 Å². The normalized spacial score (nSPS) is 13.4. The van der Waals surface area contributed by atoms with Crippen LogP contribution in [0.25, 0.3) is 10.9 Å². The van der Waals surface area contributed by atoms with Crippen molar-refractivity contribution in [1.82, 2.24) is 9.88 Å². The minimum Gasteiger partial charge on any atom is -0.274 e. The highest BCUT2D eigenvalue weighted by atomic mass is 32.2. The molecular formula is C22H20N2O2S. The van der Waals surface area contributed by atoms with Crippen LogP contribution in [0, 0.1) is 6.92 Å². The number of benzene rings is 2. The van der Waals surface area contributed by atoms with E-state index in [1.807, 2.05) is 18.2 Å². The van der Waals surface area contributed by atoms with Gasteiger partial charge in [-0.05, 0) is 55.3 Å². The summed E-state index contributed by atoms with van der Waals surface area (Å²) in [5.74, 6) is 0.568. The molecule has 1 aromatic heterocycles. The standard InChI is InChI=1S/C22H20N2O2S/c1-15-14-20(23-19-11-5-4-8-16(15)19)27-13-7-6-12-24-21(25)17-9-2-3-10-18(17)22(24)26/h2-5,8-11,14H,6-7,12-13H2,1H3. The van der Waals surface area contributed by atoms with Crippen LogP contribution in [-0.4, -0.2) is 34.0 Å². The summed E-state index contributed by atoms with van der Waals surface area (Å²) < 4.78 is 0. The van der Waals surface area contributed by atoms with Crippen molar-refractivity contribution >= 4 is 34.5 Å². The Morgan fingerprint density at radius 3 is 2.33 bits per heavy atom. The Bertz CT molecular complexity index is 997. The summed E-state index contributed by atoms with van der Waals surface area (Å²) in [6, 6.07) is 17.3. The molecule has 4 rings (SSSR count). The molecule has 0 fully saturated rings. The van der Waals surface area contributed by atoms with Crippen LogP contribution in [0.1, 0.15) is 39.1 Å². The second-order valence-corrected chi connectivity index (χ2v) is 7.77. The molecule has 2 aromatic carbocycles. The predicted molar refractivity (Wildman–Crippen MR) is 108 cm³/mol. The van der Waals surface area contributed by atoms with E-state index in [9.17, 15) is 9.59 Å². The van der Waals surface area contributed by atoms with Gasteiger partial charge in [-0.25, -0.2) is 4.98 Å². The number of amides is 2. The van der Waals surface area contributed by atoms with Gasteiger partial charge in [0.05, 0.1) is 21.7 Å². The lowest BCUT2D eigenvalue weighted by molar-refractivity contribution is 0.0652. The van der Waals surface area contributed by atoms with Crippen molar-refractivity contribution in [3.8, 4) is 0 Å². The Hall–Kier alpha value is -2.66. The molecule has 5 heteroatoms. The first-order valence-electron chi connectivity index (χ1n) is 9.09. The van der Waals surface area contributed by atoms with Crippen LogP contribution in [0.15, 0.2) is 59.6 Å². The van der Waals surface area contributed by atoms with Gasteiger partial charge in [0.25, 0.3) is 11.8 Å². The molecule has 0 spiro atoms. The quantitative estimate of drug-likeness (QED) is 0.355. The molecule has 0 unspecified atom stereocenters. The van der Waals surface area contributed by atoms with E-state index in [4.69, 9.17) is 4.98 Å². The summed E-state index contributed by atoms with van der Waals surface area (Å²) in [4.78, 5) is 30.8. The zero-order valence-electron chi connectivity index (χ0n) is 15.1. The van der Waals surface area contributed by atoms with Gasteiger partial charge in [-0.2, -0.15) is 0 Å². The summed E-state index contributed by atoms with van der Waals surface area (Å²) >= 11 is 1.72. The van der Waals surface area contributed by atoms with Crippen LogP contribution in [0.4, 0.5) is 0 Å². The Kier molecular flexibility index (Phi) is 4.94. The molecule has 0 aliphatic carbocycles. The van der Waals surface area contributed by atoms with Crippen molar-refractivity contribution < 1.29 is 9.59 Å². The number of aromatic nitrogens is 1. The van der Waals surface area contributed by atoms with E-state index in [0.29, 0.717) is 17.7 Å². The number of unbranched alkanes of at least 4 members (excludes halogenated alkanes) is 1. The van der Waals surface area contributed by atoms with Crippen molar-refractivity contribution in [2.24, 2.45) is 0 Å². The highest BCUT2D eigenvalue weighted by Crippen LogP contribution is 2.25. The first-order valence-corrected chi connectivity index (χ1v) is 10.1. The first kappa shape index (κ1) is 17.7. The number of hydrogen-bond donors (Lipinski definition) is 0. The van der Waals surface area contributed by atoms with Crippen molar-refractivity contribution in [3.63, 3.8) is 0 Å². The number of fused-ring (bicyclic) bond motifs is 2. The minimum absolute atomic E-state index is 0.171. The van der Waals surface area contributed by atoms with Gasteiger partial charge in [-0.15, -0.1) is 11.8 Å². The summed E-state index contributed by atoms with van der Waals surface area (Å²) in [6.45, 7) is 2.58. The summed E-state index contributed by atoms with van der Waals surface area (Å²) in [5, 5.41) is 2.21. The number of aryl methyl sites for hydroxylation is 1. The molecule has 4 nitrogen and oxygen atoms in total. The highest BCUT2D eigenvalue weighted by molar-refractivity contribution is 7.99. The lowest BCUT2D eigenvalue weighted by atomic mass is 10.1. The number of rotatable bonds is 6. The molecule has 0 bridgehead atoms. The van der Waals surface area contributed by atoms with E-state index >= 15 is 0 Å². The van der Waals surface area contributed by atoms with E-state index in [1.165, 1.54) is 15.8 Å². The number of thioether (sulfide) groups is 1. The van der Waals surface area contributed by atoms with Crippen molar-refractivity contribution in [2.45, 2.75) is 24.8 Å². The Morgan fingerprint density at radius 1 is 0.926 bits per heavy atom. The maximum Gasteiger partial charge on any atom is 0.261 e. The number of nitrogens with zero attached hydrogens (tertiary/aromatic N) is 2. The van der Waals surface area contributed by atoms with Gasteiger partial charge in [0.15, 0.2) is 0 Å². The molecule has 1 aliphatic heterocycles.